The summed E-state index contributed by atoms with van der Waals surface area (Å²) in [5.74, 6) is 1.40. The second kappa shape index (κ2) is 10.6. The molecule has 0 radical (unpaired) electrons. The van der Waals surface area contributed by atoms with Crippen molar-refractivity contribution in [1.82, 2.24) is 19.9 Å². The fourth-order valence-corrected chi connectivity index (χ4v) is 5.18. The molecule has 3 heterocycles. The maximum absolute atomic E-state index is 12.1. The van der Waals surface area contributed by atoms with Crippen LogP contribution in [0.4, 0.5) is 5.82 Å². The van der Waals surface area contributed by atoms with E-state index in [1.165, 1.54) is 45.0 Å². The summed E-state index contributed by atoms with van der Waals surface area (Å²) in [4.78, 5) is 28.0. The van der Waals surface area contributed by atoms with Gasteiger partial charge in [-0.2, -0.15) is 0 Å². The molecular formula is C28H35N5O2. The average Bonchev–Trinajstić information content (AvgIpc) is 3.29. The molecule has 2 aromatic heterocycles. The summed E-state index contributed by atoms with van der Waals surface area (Å²) in [5.41, 5.74) is 3.42. The number of hydrogen-bond acceptors (Lipinski definition) is 6. The van der Waals surface area contributed by atoms with E-state index in [0.717, 1.165) is 65.9 Å². The molecule has 0 spiro atoms. The molecule has 7 nitrogen and oxygen atoms in total. The molecule has 1 saturated heterocycles. The Morgan fingerprint density at radius 3 is 2.83 bits per heavy atom. The summed E-state index contributed by atoms with van der Waals surface area (Å²) >= 11 is 0. The number of esters is 1. The lowest BCUT2D eigenvalue weighted by molar-refractivity contribution is 0.0601. The minimum absolute atomic E-state index is 0.0990. The van der Waals surface area contributed by atoms with Crippen molar-refractivity contribution in [1.29, 1.82) is 0 Å². The van der Waals surface area contributed by atoms with Crippen LogP contribution >= 0.6 is 0 Å². The van der Waals surface area contributed by atoms with E-state index in [-0.39, 0.29) is 11.9 Å². The Kier molecular flexibility index (Phi) is 7.13. The minimum Gasteiger partial charge on any atom is -0.465 e. The van der Waals surface area contributed by atoms with Gasteiger partial charge in [0, 0.05) is 23.4 Å². The van der Waals surface area contributed by atoms with Crippen molar-refractivity contribution in [3.63, 3.8) is 0 Å². The second-order valence-electron chi connectivity index (χ2n) is 9.62. The lowest BCUT2D eigenvalue weighted by Crippen LogP contribution is -2.31. The largest absolute Gasteiger partial charge is 0.465 e. The van der Waals surface area contributed by atoms with E-state index in [4.69, 9.17) is 14.7 Å². The van der Waals surface area contributed by atoms with Gasteiger partial charge >= 0.3 is 5.97 Å². The third-order valence-corrected chi connectivity index (χ3v) is 7.19. The number of hydrogen-bond donors (Lipinski definition) is 2. The molecule has 1 aromatic carbocycles. The smallest absolute Gasteiger partial charge is 0.337 e. The van der Waals surface area contributed by atoms with Gasteiger partial charge in [0.25, 0.3) is 0 Å². The summed E-state index contributed by atoms with van der Waals surface area (Å²) in [6.07, 6.45) is 13.9. The lowest BCUT2D eigenvalue weighted by atomic mass is 9.95. The van der Waals surface area contributed by atoms with E-state index in [2.05, 4.69) is 40.4 Å². The van der Waals surface area contributed by atoms with Gasteiger partial charge in [0.15, 0.2) is 0 Å². The summed E-state index contributed by atoms with van der Waals surface area (Å²) in [5, 5.41) is 5.60. The third-order valence-electron chi connectivity index (χ3n) is 7.19. The number of ether oxygens (including phenoxy) is 1. The molecule has 184 valence electrons. The third kappa shape index (κ3) is 5.10. The van der Waals surface area contributed by atoms with Crippen LogP contribution in [0.25, 0.3) is 21.9 Å². The topological polar surface area (TPSA) is 83.1 Å². The number of carbonyl (C=O) groups excluding carboxylic acids is 1. The van der Waals surface area contributed by atoms with Gasteiger partial charge < -0.3 is 19.9 Å². The molecule has 0 amide bonds. The van der Waals surface area contributed by atoms with Crippen LogP contribution in [0.1, 0.15) is 67.5 Å². The van der Waals surface area contributed by atoms with Gasteiger partial charge in [-0.15, -0.1) is 0 Å². The number of methoxy groups -OCH3 is 1. The Morgan fingerprint density at radius 1 is 1.20 bits per heavy atom. The number of carbonyl (C=O) groups is 1. The standard InChI is InChI=1S/C28H35N5O2/c1-19(20-10-5-3-6-11-20)25-31-26(29-14-9-17-33-15-7-4-8-16-33)24-22-13-12-21(28(34)35-2)18-23(22)30-27(24)32-25/h5,10-13,18-19H,3-4,6-9,14-17H2,1-2H3,(H2,29,30,31,32). The van der Waals surface area contributed by atoms with Gasteiger partial charge in [-0.3, -0.25) is 0 Å². The molecule has 1 aliphatic heterocycles. The minimum atomic E-state index is -0.349. The van der Waals surface area contributed by atoms with Gasteiger partial charge in [-0.05, 0) is 69.4 Å². The number of nitrogens with one attached hydrogen (secondary N) is 2. The Balaban J connectivity index is 1.47. The number of likely N-dealkylation sites (tertiary alicyclic amines) is 1. The summed E-state index contributed by atoms with van der Waals surface area (Å²) in [6.45, 7) is 6.56. The zero-order valence-corrected chi connectivity index (χ0v) is 20.8. The number of aromatic nitrogens is 3. The van der Waals surface area contributed by atoms with E-state index in [1.54, 1.807) is 6.07 Å². The Hall–Kier alpha value is -3.19. The maximum Gasteiger partial charge on any atom is 0.337 e. The fourth-order valence-electron chi connectivity index (χ4n) is 5.18. The zero-order chi connectivity index (χ0) is 24.2. The van der Waals surface area contributed by atoms with Crippen LogP contribution in [0, 0.1) is 0 Å². The van der Waals surface area contributed by atoms with Crippen LogP contribution in [-0.4, -0.2) is 59.1 Å². The SMILES string of the molecule is COC(=O)c1ccc2c(c1)[nH]c1nc(C(C)C3=CCCC=C3)nc(NCCCN3CCCCC3)c12. The number of H-pyrrole nitrogens is 1. The van der Waals surface area contributed by atoms with Crippen LogP contribution < -0.4 is 5.32 Å². The highest BCUT2D eigenvalue weighted by Crippen LogP contribution is 2.33. The molecule has 35 heavy (non-hydrogen) atoms. The molecule has 5 rings (SSSR count). The van der Waals surface area contributed by atoms with E-state index in [9.17, 15) is 4.79 Å². The van der Waals surface area contributed by atoms with E-state index < -0.39 is 0 Å². The molecule has 1 aliphatic carbocycles. The van der Waals surface area contributed by atoms with Crippen LogP contribution in [-0.2, 0) is 4.74 Å². The van der Waals surface area contributed by atoms with Gasteiger partial charge in [-0.1, -0.05) is 37.6 Å². The molecule has 7 heteroatoms. The number of aromatic amines is 1. The maximum atomic E-state index is 12.1. The number of nitrogens with zero attached hydrogens (tertiary/aromatic N) is 3. The molecule has 0 bridgehead atoms. The molecule has 2 aliphatic rings. The highest BCUT2D eigenvalue weighted by molar-refractivity contribution is 6.12. The van der Waals surface area contributed by atoms with E-state index >= 15 is 0 Å². The van der Waals surface area contributed by atoms with Crippen LogP contribution in [0.3, 0.4) is 0 Å². The molecule has 2 N–H and O–H groups in total. The fraction of sp³-hybridized carbons (Fsp3) is 0.464. The Labute approximate surface area is 206 Å². The van der Waals surface area contributed by atoms with Crippen molar-refractivity contribution in [3.05, 3.63) is 53.4 Å². The summed E-state index contributed by atoms with van der Waals surface area (Å²) in [7, 11) is 1.40. The highest BCUT2D eigenvalue weighted by Gasteiger charge is 2.20. The Morgan fingerprint density at radius 2 is 2.06 bits per heavy atom. The number of anilines is 1. The zero-order valence-electron chi connectivity index (χ0n) is 20.8. The van der Waals surface area contributed by atoms with Crippen molar-refractivity contribution >= 4 is 33.7 Å². The molecule has 0 saturated carbocycles. The van der Waals surface area contributed by atoms with Gasteiger partial charge in [0.2, 0.25) is 0 Å². The van der Waals surface area contributed by atoms with Crippen molar-refractivity contribution < 1.29 is 9.53 Å². The van der Waals surface area contributed by atoms with Crippen molar-refractivity contribution in [3.8, 4) is 0 Å². The van der Waals surface area contributed by atoms with Gasteiger partial charge in [0.1, 0.15) is 17.3 Å². The average molecular weight is 474 g/mol. The number of allylic oxidation sites excluding steroid dienone is 4. The normalized spacial score (nSPS) is 17.5. The van der Waals surface area contributed by atoms with Gasteiger partial charge in [-0.25, -0.2) is 14.8 Å². The van der Waals surface area contributed by atoms with Crippen molar-refractivity contribution in [2.45, 2.75) is 51.4 Å². The first-order valence-corrected chi connectivity index (χ1v) is 12.9. The van der Waals surface area contributed by atoms with Crippen molar-refractivity contribution in [2.24, 2.45) is 0 Å². The molecular weight excluding hydrogens is 438 g/mol. The summed E-state index contributed by atoms with van der Waals surface area (Å²) in [6, 6.07) is 5.59. The lowest BCUT2D eigenvalue weighted by Gasteiger charge is -2.26. The second-order valence-corrected chi connectivity index (χ2v) is 9.62. The predicted octanol–water partition coefficient (Wildman–Crippen LogP) is 5.57. The molecule has 1 fully saturated rings. The van der Waals surface area contributed by atoms with Gasteiger partial charge in [0.05, 0.1) is 18.1 Å². The number of rotatable bonds is 8. The quantitative estimate of drug-likeness (QED) is 0.329. The molecule has 1 atom stereocenters. The van der Waals surface area contributed by atoms with Crippen LogP contribution in [0.2, 0.25) is 0 Å². The Bertz CT molecular complexity index is 1270. The van der Waals surface area contributed by atoms with E-state index in [1.807, 2.05) is 12.1 Å². The monoisotopic (exact) mass is 473 g/mol. The van der Waals surface area contributed by atoms with E-state index in [0.29, 0.717) is 5.56 Å². The number of benzene rings is 1. The van der Waals surface area contributed by atoms with Crippen LogP contribution in [0.5, 0.6) is 0 Å². The molecule has 1 unspecified atom stereocenters. The number of fused-ring (bicyclic) bond motifs is 3. The highest BCUT2D eigenvalue weighted by atomic mass is 16.5. The first-order valence-electron chi connectivity index (χ1n) is 12.9. The molecule has 3 aromatic rings. The first-order chi connectivity index (χ1) is 17.1. The van der Waals surface area contributed by atoms with Crippen molar-refractivity contribution in [2.75, 3.05) is 38.6 Å². The summed E-state index contributed by atoms with van der Waals surface area (Å²) < 4.78 is 4.91. The first kappa shape index (κ1) is 23.5. The predicted molar refractivity (Wildman–Crippen MR) is 141 cm³/mol. The van der Waals surface area contributed by atoms with Crippen LogP contribution in [0.15, 0.2) is 42.0 Å². The number of piperidine rings is 1.